The summed E-state index contributed by atoms with van der Waals surface area (Å²) >= 11 is 6.31. The fourth-order valence-electron chi connectivity index (χ4n) is 4.07. The van der Waals surface area contributed by atoms with Crippen LogP contribution in [0.25, 0.3) is 21.9 Å². The number of fused-ring (bicyclic) bond motifs is 7. The largest absolute Gasteiger partial charge is 0.467 e. The van der Waals surface area contributed by atoms with Crippen molar-refractivity contribution in [2.75, 3.05) is 5.01 Å². The molecule has 0 aromatic heterocycles. The van der Waals surface area contributed by atoms with Crippen LogP contribution in [0.15, 0.2) is 48.5 Å². The van der Waals surface area contributed by atoms with Gasteiger partial charge in [0, 0.05) is 21.7 Å². The molecular formula is C23H19ClN2O3. The molecule has 1 fully saturated rings. The third kappa shape index (κ3) is 2.54. The number of ether oxygens (including phenoxy) is 1. The molecule has 5 rings (SSSR count). The van der Waals surface area contributed by atoms with Crippen molar-refractivity contribution in [3.8, 4) is 16.9 Å². The van der Waals surface area contributed by atoms with E-state index in [1.165, 1.54) is 0 Å². The van der Waals surface area contributed by atoms with Crippen molar-refractivity contribution in [2.24, 2.45) is 5.41 Å². The molecule has 0 bridgehead atoms. The number of benzene rings is 3. The summed E-state index contributed by atoms with van der Waals surface area (Å²) in [5, 5.41) is 4.26. The van der Waals surface area contributed by atoms with Crippen LogP contribution < -0.4 is 15.2 Å². The standard InChI is InChI=1S/C23H19ClN2O3/c1-12(27)13-4-7-16-14(10-13)5-9-19-20(16)17-8-6-15(24)11-18(17)26-22(29-19)23(2,3)21(28)25-26/h4-11,22H,1-3H3,(H,25,28). The van der Waals surface area contributed by atoms with E-state index in [0.717, 1.165) is 27.6 Å². The minimum Gasteiger partial charge on any atom is -0.467 e. The third-order valence-corrected chi connectivity index (χ3v) is 6.01. The summed E-state index contributed by atoms with van der Waals surface area (Å²) in [5.41, 5.74) is 5.46. The van der Waals surface area contributed by atoms with Gasteiger partial charge in [0.1, 0.15) is 11.2 Å². The molecule has 0 spiro atoms. The van der Waals surface area contributed by atoms with Gasteiger partial charge in [-0.05, 0) is 55.8 Å². The van der Waals surface area contributed by atoms with Crippen LogP contribution in [0.2, 0.25) is 5.02 Å². The number of hydrazine groups is 1. The van der Waals surface area contributed by atoms with E-state index in [2.05, 4.69) is 5.43 Å². The molecule has 2 heterocycles. The first-order valence-corrected chi connectivity index (χ1v) is 9.80. The highest BCUT2D eigenvalue weighted by molar-refractivity contribution is 6.31. The van der Waals surface area contributed by atoms with Crippen molar-refractivity contribution in [3.05, 3.63) is 59.1 Å². The second-order valence-corrected chi connectivity index (χ2v) is 8.53. The lowest BCUT2D eigenvalue weighted by molar-refractivity contribution is -0.128. The number of carbonyl (C=O) groups excluding carboxylic acids is 2. The first-order chi connectivity index (χ1) is 13.8. The van der Waals surface area contributed by atoms with Crippen molar-refractivity contribution in [1.29, 1.82) is 0 Å². The maximum Gasteiger partial charge on any atom is 0.250 e. The zero-order valence-electron chi connectivity index (χ0n) is 16.2. The summed E-state index contributed by atoms with van der Waals surface area (Å²) < 4.78 is 6.41. The van der Waals surface area contributed by atoms with Gasteiger partial charge in [-0.3, -0.25) is 15.0 Å². The van der Waals surface area contributed by atoms with E-state index in [4.69, 9.17) is 16.3 Å². The molecule has 2 aliphatic heterocycles. The lowest BCUT2D eigenvalue weighted by Crippen LogP contribution is -2.44. The molecule has 146 valence electrons. The van der Waals surface area contributed by atoms with Crippen molar-refractivity contribution >= 4 is 39.8 Å². The smallest absolute Gasteiger partial charge is 0.250 e. The number of ketones is 1. The number of nitrogens with one attached hydrogen (secondary N) is 1. The molecule has 2 aliphatic rings. The third-order valence-electron chi connectivity index (χ3n) is 5.77. The molecule has 0 aliphatic carbocycles. The number of halogens is 1. The monoisotopic (exact) mass is 406 g/mol. The maximum absolute atomic E-state index is 12.6. The van der Waals surface area contributed by atoms with Crippen LogP contribution in [0.4, 0.5) is 5.69 Å². The second kappa shape index (κ2) is 5.97. The van der Waals surface area contributed by atoms with Gasteiger partial charge in [0.2, 0.25) is 12.1 Å². The fourth-order valence-corrected chi connectivity index (χ4v) is 4.24. The molecule has 1 saturated heterocycles. The zero-order chi connectivity index (χ0) is 20.5. The molecule has 1 amide bonds. The molecule has 5 nitrogen and oxygen atoms in total. The number of hydrogen-bond acceptors (Lipinski definition) is 4. The zero-order valence-corrected chi connectivity index (χ0v) is 17.0. The number of nitrogens with zero attached hydrogens (tertiary/aromatic N) is 1. The Kier molecular flexibility index (Phi) is 3.71. The van der Waals surface area contributed by atoms with Gasteiger partial charge in [-0.2, -0.15) is 0 Å². The van der Waals surface area contributed by atoms with Gasteiger partial charge in [-0.25, -0.2) is 5.01 Å². The molecule has 0 radical (unpaired) electrons. The summed E-state index contributed by atoms with van der Waals surface area (Å²) in [6, 6.07) is 15.1. The van der Waals surface area contributed by atoms with Gasteiger partial charge >= 0.3 is 0 Å². The van der Waals surface area contributed by atoms with Gasteiger partial charge in [-0.15, -0.1) is 0 Å². The van der Waals surface area contributed by atoms with E-state index >= 15 is 0 Å². The van der Waals surface area contributed by atoms with Crippen LogP contribution in [0.1, 0.15) is 31.1 Å². The van der Waals surface area contributed by atoms with E-state index in [0.29, 0.717) is 16.3 Å². The number of Topliss-reactive ketones (excluding diaryl/α,β-unsaturated/α-hetero) is 1. The van der Waals surface area contributed by atoms with Crippen molar-refractivity contribution < 1.29 is 14.3 Å². The molecule has 0 saturated carbocycles. The molecule has 6 heteroatoms. The van der Waals surface area contributed by atoms with Crippen molar-refractivity contribution in [2.45, 2.75) is 27.0 Å². The molecule has 1 N–H and O–H groups in total. The minimum atomic E-state index is -0.755. The Morgan fingerprint density at radius 1 is 1.14 bits per heavy atom. The topological polar surface area (TPSA) is 58.6 Å². The van der Waals surface area contributed by atoms with Crippen LogP contribution in [0.5, 0.6) is 5.75 Å². The highest BCUT2D eigenvalue weighted by Gasteiger charge is 2.51. The SMILES string of the molecule is CC(=O)c1ccc2c3c(ccc2c1)OC1N(NC(=O)C1(C)C)c1cc(Cl)ccc1-3. The fraction of sp³-hybridized carbons (Fsp3) is 0.217. The highest BCUT2D eigenvalue weighted by Crippen LogP contribution is 2.49. The Hall–Kier alpha value is -3.05. The summed E-state index contributed by atoms with van der Waals surface area (Å²) in [6.45, 7) is 5.29. The summed E-state index contributed by atoms with van der Waals surface area (Å²) in [7, 11) is 0. The van der Waals surface area contributed by atoms with Gasteiger partial charge in [0.05, 0.1) is 5.69 Å². The van der Waals surface area contributed by atoms with Crippen LogP contribution in [0, 0.1) is 5.41 Å². The predicted molar refractivity (Wildman–Crippen MR) is 113 cm³/mol. The molecule has 29 heavy (non-hydrogen) atoms. The van der Waals surface area contributed by atoms with Crippen LogP contribution >= 0.6 is 11.6 Å². The normalized spacial score (nSPS) is 19.0. The number of amides is 1. The summed E-state index contributed by atoms with van der Waals surface area (Å²) in [4.78, 5) is 24.4. The van der Waals surface area contributed by atoms with Crippen LogP contribution in [-0.2, 0) is 4.79 Å². The molecule has 1 atom stereocenters. The van der Waals surface area contributed by atoms with Crippen molar-refractivity contribution in [3.63, 3.8) is 0 Å². The molecule has 1 unspecified atom stereocenters. The second-order valence-electron chi connectivity index (χ2n) is 8.10. The quantitative estimate of drug-likeness (QED) is 0.580. The van der Waals surface area contributed by atoms with Gasteiger partial charge in [0.25, 0.3) is 0 Å². The number of carbonyl (C=O) groups is 2. The molecule has 3 aromatic rings. The number of anilines is 1. The highest BCUT2D eigenvalue weighted by atomic mass is 35.5. The maximum atomic E-state index is 12.6. The lowest BCUT2D eigenvalue weighted by Gasteiger charge is -2.29. The van der Waals surface area contributed by atoms with Crippen LogP contribution in [0.3, 0.4) is 0 Å². The minimum absolute atomic E-state index is 0.0235. The van der Waals surface area contributed by atoms with E-state index in [1.54, 1.807) is 11.9 Å². The van der Waals surface area contributed by atoms with Crippen LogP contribution in [-0.4, -0.2) is 17.9 Å². The number of rotatable bonds is 1. The van der Waals surface area contributed by atoms with E-state index < -0.39 is 11.6 Å². The molecule has 3 aromatic carbocycles. The lowest BCUT2D eigenvalue weighted by atomic mass is 9.91. The Morgan fingerprint density at radius 2 is 1.93 bits per heavy atom. The predicted octanol–water partition coefficient (Wildman–Crippen LogP) is 4.96. The van der Waals surface area contributed by atoms with Gasteiger partial charge in [-0.1, -0.05) is 35.9 Å². The summed E-state index contributed by atoms with van der Waals surface area (Å²) in [6.07, 6.45) is -0.526. The van der Waals surface area contributed by atoms with E-state index in [-0.39, 0.29) is 11.7 Å². The first kappa shape index (κ1) is 18.0. The Labute approximate surface area is 173 Å². The average molecular weight is 407 g/mol. The van der Waals surface area contributed by atoms with E-state index in [9.17, 15) is 9.59 Å². The first-order valence-electron chi connectivity index (χ1n) is 9.42. The average Bonchev–Trinajstić information content (AvgIpc) is 2.83. The Bertz CT molecular complexity index is 1220. The van der Waals surface area contributed by atoms with E-state index in [1.807, 2.05) is 62.4 Å². The Balaban J connectivity index is 1.83. The summed E-state index contributed by atoms with van der Waals surface area (Å²) in [5.74, 6) is 0.605. The van der Waals surface area contributed by atoms with Gasteiger partial charge in [0.15, 0.2) is 5.78 Å². The molecular weight excluding hydrogens is 388 g/mol. The number of hydrogen-bond donors (Lipinski definition) is 1. The van der Waals surface area contributed by atoms with Crippen molar-refractivity contribution in [1.82, 2.24) is 5.43 Å². The Morgan fingerprint density at radius 3 is 2.69 bits per heavy atom. The van der Waals surface area contributed by atoms with Gasteiger partial charge < -0.3 is 4.74 Å².